The number of benzene rings is 1. The number of hydrogen-bond donors (Lipinski definition) is 2. The van der Waals surface area contributed by atoms with E-state index in [0.29, 0.717) is 19.4 Å². The van der Waals surface area contributed by atoms with E-state index in [9.17, 15) is 5.11 Å². The Hall–Kier alpha value is -1.06. The van der Waals surface area contributed by atoms with Gasteiger partial charge in [-0.05, 0) is 31.9 Å². The van der Waals surface area contributed by atoms with Gasteiger partial charge in [-0.1, -0.05) is 24.6 Å². The monoisotopic (exact) mass is 223 g/mol. The van der Waals surface area contributed by atoms with Gasteiger partial charge in [-0.2, -0.15) is 0 Å². The number of nitrogens with two attached hydrogens (primary N) is 1. The highest BCUT2D eigenvalue weighted by molar-refractivity contribution is 5.26. The molecule has 0 aromatic heterocycles. The summed E-state index contributed by atoms with van der Waals surface area (Å²) in [5, 5.41) is 9.48. The Morgan fingerprint density at radius 1 is 1.31 bits per heavy atom. The molecule has 0 fully saturated rings. The normalized spacial score (nSPS) is 14.5. The maximum Gasteiger partial charge on any atom is 0.119 e. The van der Waals surface area contributed by atoms with Gasteiger partial charge in [0.05, 0.1) is 12.7 Å². The lowest BCUT2D eigenvalue weighted by molar-refractivity contribution is 0.127. The molecule has 2 atom stereocenters. The molecule has 0 aliphatic heterocycles. The van der Waals surface area contributed by atoms with Crippen molar-refractivity contribution in [2.75, 3.05) is 6.61 Å². The standard InChI is InChI=1S/C13H21NO2/c1-3-13(15)12(14)8-9-16-11-6-4-10(2)5-7-11/h4-7,12-13,15H,3,8-9,14H2,1-2H3. The molecule has 0 aliphatic rings. The van der Waals surface area contributed by atoms with E-state index >= 15 is 0 Å². The largest absolute Gasteiger partial charge is 0.494 e. The summed E-state index contributed by atoms with van der Waals surface area (Å²) in [7, 11) is 0. The van der Waals surface area contributed by atoms with Crippen molar-refractivity contribution in [3.05, 3.63) is 29.8 Å². The summed E-state index contributed by atoms with van der Waals surface area (Å²) in [6.45, 7) is 4.50. The molecule has 0 heterocycles. The zero-order chi connectivity index (χ0) is 12.0. The molecule has 1 aromatic rings. The Kier molecular flexibility index (Phi) is 5.29. The van der Waals surface area contributed by atoms with Crippen molar-refractivity contribution < 1.29 is 9.84 Å². The average Bonchev–Trinajstić information content (AvgIpc) is 2.30. The topological polar surface area (TPSA) is 55.5 Å². The second-order valence-corrected chi connectivity index (χ2v) is 4.09. The van der Waals surface area contributed by atoms with E-state index in [2.05, 4.69) is 0 Å². The molecule has 0 aliphatic carbocycles. The highest BCUT2D eigenvalue weighted by atomic mass is 16.5. The third-order valence-electron chi connectivity index (χ3n) is 2.65. The van der Waals surface area contributed by atoms with E-state index in [1.165, 1.54) is 5.56 Å². The van der Waals surface area contributed by atoms with Gasteiger partial charge in [0, 0.05) is 6.04 Å². The van der Waals surface area contributed by atoms with Crippen LogP contribution in [0.15, 0.2) is 24.3 Å². The predicted octanol–water partition coefficient (Wildman–Crippen LogP) is 1.86. The molecule has 0 saturated heterocycles. The highest BCUT2D eigenvalue weighted by Gasteiger charge is 2.11. The molecule has 3 heteroatoms. The minimum Gasteiger partial charge on any atom is -0.494 e. The molecule has 0 radical (unpaired) electrons. The first kappa shape index (κ1) is 13.0. The van der Waals surface area contributed by atoms with Gasteiger partial charge in [-0.25, -0.2) is 0 Å². The van der Waals surface area contributed by atoms with Gasteiger partial charge in [-0.15, -0.1) is 0 Å². The Morgan fingerprint density at radius 3 is 2.50 bits per heavy atom. The van der Waals surface area contributed by atoms with Crippen molar-refractivity contribution in [2.45, 2.75) is 38.8 Å². The van der Waals surface area contributed by atoms with Crippen LogP contribution < -0.4 is 10.5 Å². The lowest BCUT2D eigenvalue weighted by Gasteiger charge is -2.17. The van der Waals surface area contributed by atoms with E-state index in [1.807, 2.05) is 38.1 Å². The fraction of sp³-hybridized carbons (Fsp3) is 0.538. The molecule has 3 nitrogen and oxygen atoms in total. The summed E-state index contributed by atoms with van der Waals surface area (Å²) >= 11 is 0. The molecule has 0 spiro atoms. The van der Waals surface area contributed by atoms with E-state index < -0.39 is 6.10 Å². The first-order chi connectivity index (χ1) is 7.63. The van der Waals surface area contributed by atoms with Gasteiger partial charge in [-0.3, -0.25) is 0 Å². The molecule has 1 aromatic carbocycles. The molecule has 0 amide bonds. The van der Waals surface area contributed by atoms with Crippen LogP contribution in [-0.4, -0.2) is 23.9 Å². The van der Waals surface area contributed by atoms with Crippen LogP contribution in [0.5, 0.6) is 5.75 Å². The third kappa shape index (κ3) is 4.21. The zero-order valence-electron chi connectivity index (χ0n) is 10.0. The van der Waals surface area contributed by atoms with E-state index in [0.717, 1.165) is 5.75 Å². The van der Waals surface area contributed by atoms with Crippen LogP contribution in [0.4, 0.5) is 0 Å². The Bertz CT molecular complexity index is 297. The summed E-state index contributed by atoms with van der Waals surface area (Å²) in [6, 6.07) is 7.70. The number of rotatable bonds is 6. The Morgan fingerprint density at radius 2 is 1.94 bits per heavy atom. The minimum absolute atomic E-state index is 0.199. The highest BCUT2D eigenvalue weighted by Crippen LogP contribution is 2.12. The van der Waals surface area contributed by atoms with Crippen LogP contribution in [0, 0.1) is 6.92 Å². The van der Waals surface area contributed by atoms with Crippen LogP contribution in [0.25, 0.3) is 0 Å². The van der Waals surface area contributed by atoms with E-state index in [4.69, 9.17) is 10.5 Å². The number of hydrogen-bond acceptors (Lipinski definition) is 3. The summed E-state index contributed by atoms with van der Waals surface area (Å²) in [4.78, 5) is 0. The molecular weight excluding hydrogens is 202 g/mol. The van der Waals surface area contributed by atoms with Crippen molar-refractivity contribution in [1.82, 2.24) is 0 Å². The second kappa shape index (κ2) is 6.51. The van der Waals surface area contributed by atoms with Gasteiger partial charge in [0.25, 0.3) is 0 Å². The molecule has 90 valence electrons. The van der Waals surface area contributed by atoms with E-state index in [1.54, 1.807) is 0 Å². The number of aliphatic hydroxyl groups is 1. The molecule has 3 N–H and O–H groups in total. The smallest absolute Gasteiger partial charge is 0.119 e. The van der Waals surface area contributed by atoms with Crippen LogP contribution in [-0.2, 0) is 0 Å². The van der Waals surface area contributed by atoms with Gasteiger partial charge in [0.2, 0.25) is 0 Å². The summed E-state index contributed by atoms with van der Waals surface area (Å²) in [6.07, 6.45) is 0.927. The summed E-state index contributed by atoms with van der Waals surface area (Å²) < 4.78 is 5.54. The fourth-order valence-electron chi connectivity index (χ4n) is 1.44. The molecule has 0 saturated carbocycles. The third-order valence-corrected chi connectivity index (χ3v) is 2.65. The maximum atomic E-state index is 9.48. The van der Waals surface area contributed by atoms with Crippen molar-refractivity contribution in [3.63, 3.8) is 0 Å². The van der Waals surface area contributed by atoms with Gasteiger partial charge in [0.1, 0.15) is 5.75 Å². The van der Waals surface area contributed by atoms with Crippen molar-refractivity contribution in [3.8, 4) is 5.75 Å². The molecule has 1 rings (SSSR count). The number of aliphatic hydroxyl groups excluding tert-OH is 1. The van der Waals surface area contributed by atoms with Gasteiger partial charge in [0.15, 0.2) is 0 Å². The average molecular weight is 223 g/mol. The maximum absolute atomic E-state index is 9.48. The van der Waals surface area contributed by atoms with Crippen molar-refractivity contribution in [2.24, 2.45) is 5.73 Å². The zero-order valence-corrected chi connectivity index (χ0v) is 10.0. The Balaban J connectivity index is 2.27. The molecule has 16 heavy (non-hydrogen) atoms. The molecule has 2 unspecified atom stereocenters. The molecule has 0 bridgehead atoms. The van der Waals surface area contributed by atoms with Gasteiger partial charge >= 0.3 is 0 Å². The predicted molar refractivity (Wildman–Crippen MR) is 65.6 cm³/mol. The quantitative estimate of drug-likeness (QED) is 0.774. The summed E-state index contributed by atoms with van der Waals surface area (Å²) in [5.41, 5.74) is 7.00. The van der Waals surface area contributed by atoms with Crippen LogP contribution >= 0.6 is 0 Å². The number of ether oxygens (including phenoxy) is 1. The fourth-order valence-corrected chi connectivity index (χ4v) is 1.44. The second-order valence-electron chi connectivity index (χ2n) is 4.09. The van der Waals surface area contributed by atoms with Crippen LogP contribution in [0.3, 0.4) is 0 Å². The summed E-state index contributed by atoms with van der Waals surface area (Å²) in [5.74, 6) is 0.851. The molecular formula is C13H21NO2. The minimum atomic E-state index is -0.429. The van der Waals surface area contributed by atoms with Crippen LogP contribution in [0.2, 0.25) is 0 Å². The number of aryl methyl sites for hydroxylation is 1. The van der Waals surface area contributed by atoms with Gasteiger partial charge < -0.3 is 15.6 Å². The first-order valence-electron chi connectivity index (χ1n) is 5.76. The first-order valence-corrected chi connectivity index (χ1v) is 5.76. The van der Waals surface area contributed by atoms with Crippen molar-refractivity contribution >= 4 is 0 Å². The Labute approximate surface area is 97.2 Å². The van der Waals surface area contributed by atoms with E-state index in [-0.39, 0.29) is 6.04 Å². The van der Waals surface area contributed by atoms with Crippen LogP contribution in [0.1, 0.15) is 25.3 Å². The lowest BCUT2D eigenvalue weighted by atomic mass is 10.1. The lowest BCUT2D eigenvalue weighted by Crippen LogP contribution is -2.35. The van der Waals surface area contributed by atoms with Crippen molar-refractivity contribution in [1.29, 1.82) is 0 Å². The SMILES string of the molecule is CCC(O)C(N)CCOc1ccc(C)cc1.